The highest BCUT2D eigenvalue weighted by Crippen LogP contribution is 2.38. The van der Waals surface area contributed by atoms with Crippen LogP contribution >= 0.6 is 36.7 Å². The lowest BCUT2D eigenvalue weighted by Crippen LogP contribution is -2.04. The van der Waals surface area contributed by atoms with E-state index in [1.165, 1.54) is 54.6 Å². The van der Waals surface area contributed by atoms with Gasteiger partial charge in [0.1, 0.15) is 17.5 Å². The van der Waals surface area contributed by atoms with Gasteiger partial charge in [0.2, 0.25) is 33.0 Å². The zero-order valence-corrected chi connectivity index (χ0v) is 36.2. The van der Waals surface area contributed by atoms with Crippen LogP contribution in [0.2, 0.25) is 0 Å². The number of azo groups is 3. The van der Waals surface area contributed by atoms with E-state index in [4.69, 9.17) is 36.7 Å². The molecule has 66 heavy (non-hydrogen) atoms. The highest BCUT2D eigenvalue weighted by Gasteiger charge is 2.14. The monoisotopic (exact) mass is 942 g/mol. The van der Waals surface area contributed by atoms with Crippen molar-refractivity contribution in [1.82, 2.24) is 15.0 Å². The fourth-order valence-electron chi connectivity index (χ4n) is 6.01. The molecule has 9 rings (SSSR count). The van der Waals surface area contributed by atoms with Crippen molar-refractivity contribution >= 4 is 119 Å². The van der Waals surface area contributed by atoms with Crippen LogP contribution in [0.25, 0.3) is 32.7 Å². The van der Waals surface area contributed by atoms with Gasteiger partial charge in [0.25, 0.3) is 0 Å². The normalized spacial score (nSPS) is 11.1. The van der Waals surface area contributed by atoms with Gasteiger partial charge in [-0.3, -0.25) is 0 Å². The lowest BCUT2D eigenvalue weighted by atomic mass is 10.2. The van der Waals surface area contributed by atoms with Crippen molar-refractivity contribution in [2.45, 2.75) is 0 Å². The van der Waals surface area contributed by atoms with Gasteiger partial charge in [0.15, 0.2) is 17.1 Å². The average Bonchev–Trinajstić information content (AvgIpc) is 3.91. The van der Waals surface area contributed by atoms with Crippen molar-refractivity contribution in [3.05, 3.63) is 163 Å². The maximum absolute atomic E-state index is 13.3. The number of anilines is 3. The summed E-state index contributed by atoms with van der Waals surface area (Å²) in [5.74, 6) is -1.83. The van der Waals surface area contributed by atoms with Crippen LogP contribution in [0.15, 0.2) is 176 Å². The molecule has 3 heterocycles. The lowest BCUT2D eigenvalue weighted by molar-refractivity contribution is 0.459. The number of fused-ring (bicyclic) bond motifs is 3. The molecule has 3 aromatic heterocycles. The number of aromatic hydroxyl groups is 3. The lowest BCUT2D eigenvalue weighted by Gasteiger charge is -2.01. The second kappa shape index (κ2) is 21.3. The first-order valence-electron chi connectivity index (χ1n) is 19.2. The SMILES string of the molecule is Oc1[nH]c2ccc(F)cc2c1N=NC(=S)Nc1ccccc1.Oc1[nH]c2ccc(F)cc2c1N=NC(=S)Nc1ccccc1.Oc1[nH]c2ccc(F)cc2c1N=NC(=S)Nc1ccccc1. The van der Waals surface area contributed by atoms with E-state index < -0.39 is 17.5 Å². The summed E-state index contributed by atoms with van der Waals surface area (Å²) < 4.78 is 39.9. The van der Waals surface area contributed by atoms with Crippen molar-refractivity contribution in [1.29, 1.82) is 0 Å². The van der Waals surface area contributed by atoms with Crippen LogP contribution in [-0.2, 0) is 0 Å². The highest BCUT2D eigenvalue weighted by molar-refractivity contribution is 7.81. The van der Waals surface area contributed by atoms with E-state index in [0.29, 0.717) is 32.7 Å². The number of nitrogens with zero attached hydrogens (tertiary/aromatic N) is 6. The van der Waals surface area contributed by atoms with Crippen LogP contribution in [0.5, 0.6) is 17.6 Å². The Morgan fingerprint density at radius 3 is 0.909 bits per heavy atom. The summed E-state index contributed by atoms with van der Waals surface area (Å²) in [6.07, 6.45) is 0. The maximum Gasteiger partial charge on any atom is 0.218 e. The van der Waals surface area contributed by atoms with E-state index in [1.54, 1.807) is 0 Å². The summed E-state index contributed by atoms with van der Waals surface area (Å²) in [4.78, 5) is 8.10. The Balaban J connectivity index is 0.000000147. The Morgan fingerprint density at radius 1 is 0.394 bits per heavy atom. The van der Waals surface area contributed by atoms with Gasteiger partial charge < -0.3 is 46.2 Å². The Labute approximate surface area is 387 Å². The van der Waals surface area contributed by atoms with Crippen LogP contribution in [-0.4, -0.2) is 45.6 Å². The maximum atomic E-state index is 13.3. The molecule has 330 valence electrons. The molecule has 0 spiro atoms. The van der Waals surface area contributed by atoms with Gasteiger partial charge in [0.05, 0.1) is 16.6 Å². The van der Waals surface area contributed by atoms with Gasteiger partial charge in [-0.25, -0.2) is 13.2 Å². The van der Waals surface area contributed by atoms with Crippen molar-refractivity contribution in [2.75, 3.05) is 16.0 Å². The highest BCUT2D eigenvalue weighted by atomic mass is 32.1. The largest absolute Gasteiger partial charge is 0.493 e. The smallest absolute Gasteiger partial charge is 0.218 e. The fourth-order valence-corrected chi connectivity index (χ4v) is 6.48. The van der Waals surface area contributed by atoms with E-state index in [0.717, 1.165) is 17.1 Å². The minimum absolute atomic E-state index is 0.136. The summed E-state index contributed by atoms with van der Waals surface area (Å²) in [5.41, 5.74) is 4.46. The fraction of sp³-hybridized carbons (Fsp3) is 0. The molecule has 15 nitrogen and oxygen atoms in total. The molecule has 0 atom stereocenters. The van der Waals surface area contributed by atoms with Gasteiger partial charge >= 0.3 is 0 Å². The third-order valence-electron chi connectivity index (χ3n) is 8.94. The standard InChI is InChI=1S/3C15H11FN4OS/c3*16-9-6-7-12-11(8-9)13(14(21)18-12)19-20-15(22)17-10-4-2-1-3-5-10/h3*1-8,18,21H,(H,17,22). The van der Waals surface area contributed by atoms with Gasteiger partial charge in [-0.1, -0.05) is 54.6 Å². The van der Waals surface area contributed by atoms with E-state index in [-0.39, 0.29) is 50.0 Å². The predicted molar refractivity (Wildman–Crippen MR) is 261 cm³/mol. The first-order chi connectivity index (χ1) is 31.9. The Morgan fingerprint density at radius 2 is 0.652 bits per heavy atom. The molecule has 0 radical (unpaired) electrons. The molecule has 0 aliphatic carbocycles. The van der Waals surface area contributed by atoms with E-state index in [9.17, 15) is 28.5 Å². The number of benzene rings is 6. The minimum Gasteiger partial charge on any atom is -0.493 e. The Hall–Kier alpha value is -8.40. The Kier molecular flexibility index (Phi) is 14.7. The number of rotatable bonds is 6. The predicted octanol–water partition coefficient (Wildman–Crippen LogP) is 13.5. The second-order valence-electron chi connectivity index (χ2n) is 13.5. The zero-order valence-electron chi connectivity index (χ0n) is 33.7. The van der Waals surface area contributed by atoms with Gasteiger partial charge in [-0.2, -0.15) is 0 Å². The zero-order chi connectivity index (χ0) is 46.6. The topological polar surface area (TPSA) is 218 Å². The number of aromatic amines is 3. The summed E-state index contributed by atoms with van der Waals surface area (Å²) >= 11 is 15.2. The van der Waals surface area contributed by atoms with Crippen molar-refractivity contribution < 1.29 is 28.5 Å². The molecule has 9 aromatic rings. The average molecular weight is 943 g/mol. The van der Waals surface area contributed by atoms with Crippen LogP contribution in [0.4, 0.5) is 47.3 Å². The van der Waals surface area contributed by atoms with Crippen LogP contribution in [0.1, 0.15) is 0 Å². The summed E-state index contributed by atoms with van der Waals surface area (Å²) in [6.45, 7) is 0. The number of halogens is 3. The molecule has 6 aromatic carbocycles. The number of thiocarbonyl (C=S) groups is 3. The first kappa shape index (κ1) is 45.6. The number of hydrogen-bond donors (Lipinski definition) is 9. The molecule has 0 bridgehead atoms. The van der Waals surface area contributed by atoms with Crippen LogP contribution < -0.4 is 16.0 Å². The van der Waals surface area contributed by atoms with Gasteiger partial charge in [-0.05, 0) is 128 Å². The van der Waals surface area contributed by atoms with E-state index >= 15 is 0 Å². The van der Waals surface area contributed by atoms with E-state index in [1.807, 2.05) is 91.0 Å². The van der Waals surface area contributed by atoms with Crippen molar-refractivity contribution in [3.8, 4) is 17.6 Å². The third kappa shape index (κ3) is 12.0. The second-order valence-corrected chi connectivity index (χ2v) is 14.7. The summed E-state index contributed by atoms with van der Waals surface area (Å²) in [6, 6.07) is 40.0. The van der Waals surface area contributed by atoms with Gasteiger partial charge in [-0.15, -0.1) is 30.7 Å². The number of hydrogen-bond acceptors (Lipinski definition) is 9. The minimum atomic E-state index is -0.423. The van der Waals surface area contributed by atoms with E-state index in [2.05, 4.69) is 61.6 Å². The third-order valence-corrected chi connectivity index (χ3v) is 9.49. The molecule has 0 fully saturated rings. The molecular formula is C45H33F3N12O3S3. The van der Waals surface area contributed by atoms with Crippen LogP contribution in [0, 0.1) is 17.5 Å². The van der Waals surface area contributed by atoms with Crippen LogP contribution in [0.3, 0.4) is 0 Å². The first-order valence-corrected chi connectivity index (χ1v) is 20.5. The molecule has 0 aliphatic rings. The van der Waals surface area contributed by atoms with Crippen molar-refractivity contribution in [2.24, 2.45) is 30.7 Å². The summed E-state index contributed by atoms with van der Waals surface area (Å²) in [5, 5.41) is 63.1. The molecule has 0 unspecified atom stereocenters. The Bertz CT molecular complexity index is 2930. The molecule has 21 heteroatoms. The molecular weight excluding hydrogens is 910 g/mol. The number of H-pyrrole nitrogens is 3. The molecule has 0 saturated carbocycles. The summed E-state index contributed by atoms with van der Waals surface area (Å²) in [7, 11) is 0. The van der Waals surface area contributed by atoms with Crippen molar-refractivity contribution in [3.63, 3.8) is 0 Å². The number of para-hydroxylation sites is 3. The number of aromatic nitrogens is 3. The van der Waals surface area contributed by atoms with Gasteiger partial charge in [0, 0.05) is 33.2 Å². The molecule has 9 N–H and O–H groups in total. The molecule has 0 saturated heterocycles. The molecule has 0 amide bonds. The number of nitrogens with one attached hydrogen (secondary N) is 6. The quantitative estimate of drug-likeness (QED) is 0.0571. The molecule has 0 aliphatic heterocycles.